The lowest BCUT2D eigenvalue weighted by Crippen LogP contribution is -2.53. The summed E-state index contributed by atoms with van der Waals surface area (Å²) in [6.45, 7) is 0.535. The van der Waals surface area contributed by atoms with E-state index in [4.69, 9.17) is 10.8 Å². The molecule has 4 nitrogen and oxygen atoms in total. The van der Waals surface area contributed by atoms with Crippen LogP contribution in [-0.4, -0.2) is 29.7 Å². The maximum atomic E-state index is 10.6. The molecular weight excluding hydrogens is 120 g/mol. The summed E-state index contributed by atoms with van der Waals surface area (Å²) >= 11 is 0. The summed E-state index contributed by atoms with van der Waals surface area (Å²) in [4.78, 5) is 10.6. The summed E-state index contributed by atoms with van der Waals surface area (Å²) in [5.41, 5.74) is 5.26. The summed E-state index contributed by atoms with van der Waals surface area (Å²) in [7, 11) is 0. The Morgan fingerprint density at radius 3 is 2.89 bits per heavy atom. The van der Waals surface area contributed by atoms with Gasteiger partial charge in [0.15, 0.2) is 0 Å². The van der Waals surface area contributed by atoms with E-state index in [1.165, 1.54) is 0 Å². The van der Waals surface area contributed by atoms with Crippen molar-refractivity contribution in [1.82, 2.24) is 5.32 Å². The summed E-state index contributed by atoms with van der Waals surface area (Å²) < 4.78 is 0. The van der Waals surface area contributed by atoms with Crippen molar-refractivity contribution < 1.29 is 9.90 Å². The Labute approximate surface area is 53.0 Å². The van der Waals surface area contributed by atoms with Gasteiger partial charge in [0.1, 0.15) is 6.04 Å². The molecule has 1 heterocycles. The quantitative estimate of drug-likeness (QED) is 0.362. The van der Waals surface area contributed by atoms with Gasteiger partial charge in [-0.25, -0.2) is 0 Å². The highest BCUT2D eigenvalue weighted by atomic mass is 16.3. The molecule has 2 unspecified atom stereocenters. The number of carbonyl (C=O) groups excluding carboxylic acids is 1. The molecule has 0 bridgehead atoms. The molecule has 1 aliphatic heterocycles. The molecule has 0 aromatic carbocycles. The maximum absolute atomic E-state index is 10.6. The van der Waals surface area contributed by atoms with Gasteiger partial charge in [-0.3, -0.25) is 4.79 Å². The third kappa shape index (κ3) is 1.20. The molecule has 4 heteroatoms. The summed E-state index contributed by atoms with van der Waals surface area (Å²) in [5, 5.41) is 11.5. The molecular formula is C5H10N2O2. The number of hydrogen-bond donors (Lipinski definition) is 3. The molecule has 0 spiro atoms. The molecule has 0 radical (unpaired) electrons. The molecule has 1 fully saturated rings. The predicted octanol–water partition coefficient (Wildman–Crippen LogP) is -1.81. The number of nitrogens with one attached hydrogen (secondary N) is 1. The van der Waals surface area contributed by atoms with Crippen molar-refractivity contribution in [1.29, 1.82) is 0 Å². The molecule has 1 amide bonds. The first-order valence-electron chi connectivity index (χ1n) is 2.93. The second-order valence-corrected chi connectivity index (χ2v) is 2.17. The van der Waals surface area contributed by atoms with E-state index < -0.39 is 12.1 Å². The zero-order valence-corrected chi connectivity index (χ0v) is 5.00. The number of hydrogen-bond acceptors (Lipinski definition) is 3. The van der Waals surface area contributed by atoms with E-state index in [0.29, 0.717) is 13.0 Å². The second kappa shape index (κ2) is 2.33. The van der Waals surface area contributed by atoms with Gasteiger partial charge in [-0.15, -0.1) is 0 Å². The van der Waals surface area contributed by atoms with E-state index in [-0.39, 0.29) is 5.91 Å². The maximum Gasteiger partial charge on any atom is 0.239 e. The van der Waals surface area contributed by atoms with E-state index >= 15 is 0 Å². The Morgan fingerprint density at radius 1 is 1.78 bits per heavy atom. The number of amides is 1. The van der Waals surface area contributed by atoms with Crippen LogP contribution < -0.4 is 11.1 Å². The van der Waals surface area contributed by atoms with Crippen molar-refractivity contribution >= 4 is 5.91 Å². The zero-order valence-electron chi connectivity index (χ0n) is 5.00. The number of aliphatic hydroxyl groups excluding tert-OH is 1. The van der Waals surface area contributed by atoms with Crippen LogP contribution in [0, 0.1) is 0 Å². The third-order valence-corrected chi connectivity index (χ3v) is 1.46. The molecule has 0 aromatic rings. The normalized spacial score (nSPS) is 36.0. The number of carbonyl (C=O) groups is 1. The van der Waals surface area contributed by atoms with Gasteiger partial charge < -0.3 is 16.2 Å². The van der Waals surface area contributed by atoms with E-state index in [2.05, 4.69) is 5.32 Å². The van der Waals surface area contributed by atoms with Crippen LogP contribution in [0.2, 0.25) is 0 Å². The van der Waals surface area contributed by atoms with E-state index in [1.54, 1.807) is 0 Å². The first-order valence-corrected chi connectivity index (χ1v) is 2.93. The average molecular weight is 130 g/mol. The van der Waals surface area contributed by atoms with Gasteiger partial charge in [0, 0.05) is 6.54 Å². The van der Waals surface area contributed by atoms with Gasteiger partial charge >= 0.3 is 0 Å². The van der Waals surface area contributed by atoms with Crippen LogP contribution in [0.4, 0.5) is 0 Å². The van der Waals surface area contributed by atoms with Crippen LogP contribution in [0.15, 0.2) is 0 Å². The molecule has 9 heavy (non-hydrogen) atoms. The predicted molar refractivity (Wildman–Crippen MR) is 31.6 cm³/mol. The second-order valence-electron chi connectivity index (χ2n) is 2.17. The van der Waals surface area contributed by atoms with Crippen LogP contribution in [0.3, 0.4) is 0 Å². The van der Waals surface area contributed by atoms with E-state index in [1.807, 2.05) is 0 Å². The lowest BCUT2D eigenvalue weighted by Gasteiger charge is -2.23. The molecule has 52 valence electrons. The highest BCUT2D eigenvalue weighted by molar-refractivity contribution is 5.82. The summed E-state index contributed by atoms with van der Waals surface area (Å²) in [5.74, 6) is -0.256. The molecule has 0 saturated carbocycles. The molecule has 1 aliphatic rings. The van der Waals surface area contributed by atoms with Gasteiger partial charge in [-0.2, -0.15) is 0 Å². The van der Waals surface area contributed by atoms with Crippen LogP contribution in [0.1, 0.15) is 6.42 Å². The fourth-order valence-electron chi connectivity index (χ4n) is 0.815. The van der Waals surface area contributed by atoms with Gasteiger partial charge in [-0.05, 0) is 6.42 Å². The zero-order chi connectivity index (χ0) is 6.85. The van der Waals surface area contributed by atoms with Crippen molar-refractivity contribution in [3.63, 3.8) is 0 Å². The number of rotatable bonds is 0. The molecule has 0 aliphatic carbocycles. The van der Waals surface area contributed by atoms with E-state index in [9.17, 15) is 4.79 Å². The van der Waals surface area contributed by atoms with E-state index in [0.717, 1.165) is 0 Å². The molecule has 0 aromatic heterocycles. The SMILES string of the molecule is NC1C(=O)NCCC1O. The minimum Gasteiger partial charge on any atom is -0.391 e. The summed E-state index contributed by atoms with van der Waals surface area (Å²) in [6, 6.07) is -0.723. The van der Waals surface area contributed by atoms with Crippen molar-refractivity contribution in [2.75, 3.05) is 6.54 Å². The van der Waals surface area contributed by atoms with Crippen molar-refractivity contribution in [3.8, 4) is 0 Å². The van der Waals surface area contributed by atoms with Crippen molar-refractivity contribution in [3.05, 3.63) is 0 Å². The lowest BCUT2D eigenvalue weighted by molar-refractivity contribution is -0.126. The van der Waals surface area contributed by atoms with Gasteiger partial charge in [0.2, 0.25) is 5.91 Å². The fourth-order valence-corrected chi connectivity index (χ4v) is 0.815. The van der Waals surface area contributed by atoms with Crippen molar-refractivity contribution in [2.45, 2.75) is 18.6 Å². The average Bonchev–Trinajstić information content (AvgIpc) is 1.83. The number of nitrogens with two attached hydrogens (primary N) is 1. The standard InChI is InChI=1S/C5H10N2O2/c6-4-3(8)1-2-7-5(4)9/h3-4,8H,1-2,6H2,(H,7,9). The minimum atomic E-state index is -0.723. The van der Waals surface area contributed by atoms with Gasteiger partial charge in [0.25, 0.3) is 0 Å². The smallest absolute Gasteiger partial charge is 0.239 e. The molecule has 2 atom stereocenters. The largest absolute Gasteiger partial charge is 0.391 e. The lowest BCUT2D eigenvalue weighted by atomic mass is 10.0. The Bertz CT molecular complexity index is 126. The number of aliphatic hydroxyl groups is 1. The highest BCUT2D eigenvalue weighted by Gasteiger charge is 2.25. The Kier molecular flexibility index (Phi) is 1.68. The van der Waals surface area contributed by atoms with Gasteiger partial charge in [-0.1, -0.05) is 0 Å². The van der Waals surface area contributed by atoms with Crippen LogP contribution >= 0.6 is 0 Å². The topological polar surface area (TPSA) is 75.4 Å². The Hall–Kier alpha value is -0.610. The summed E-state index contributed by atoms with van der Waals surface area (Å²) in [6.07, 6.45) is -0.0915. The minimum absolute atomic E-state index is 0.256. The molecule has 1 saturated heterocycles. The van der Waals surface area contributed by atoms with Crippen LogP contribution in [-0.2, 0) is 4.79 Å². The highest BCUT2D eigenvalue weighted by Crippen LogP contribution is 2.00. The molecule has 1 rings (SSSR count). The third-order valence-electron chi connectivity index (χ3n) is 1.46. The first kappa shape index (κ1) is 6.51. The number of piperidine rings is 1. The molecule has 4 N–H and O–H groups in total. The monoisotopic (exact) mass is 130 g/mol. The first-order chi connectivity index (χ1) is 4.22. The Morgan fingerprint density at radius 2 is 2.44 bits per heavy atom. The van der Waals surface area contributed by atoms with Crippen LogP contribution in [0.5, 0.6) is 0 Å². The fraction of sp³-hybridized carbons (Fsp3) is 0.800. The van der Waals surface area contributed by atoms with Crippen molar-refractivity contribution in [2.24, 2.45) is 5.73 Å². The van der Waals surface area contributed by atoms with Gasteiger partial charge in [0.05, 0.1) is 6.10 Å². The van der Waals surface area contributed by atoms with Crippen LogP contribution in [0.25, 0.3) is 0 Å². The Balaban J connectivity index is 2.51.